The predicted molar refractivity (Wildman–Crippen MR) is 85.5 cm³/mol. The highest BCUT2D eigenvalue weighted by molar-refractivity contribution is 9.10. The number of rotatable bonds is 4. The van der Waals surface area contributed by atoms with Crippen LogP contribution in [-0.2, 0) is 0 Å². The van der Waals surface area contributed by atoms with Gasteiger partial charge >= 0.3 is 0 Å². The van der Waals surface area contributed by atoms with Crippen LogP contribution >= 0.6 is 15.9 Å². The molecule has 2 aromatic rings. The molecule has 5 nitrogen and oxygen atoms in total. The lowest BCUT2D eigenvalue weighted by Gasteiger charge is -2.08. The Labute approximate surface area is 131 Å². The van der Waals surface area contributed by atoms with Gasteiger partial charge in [0.05, 0.1) is 12.4 Å². The third kappa shape index (κ3) is 3.58. The topological polar surface area (TPSA) is 66.9 Å². The first-order valence-electron chi connectivity index (χ1n) is 6.78. The minimum Gasteiger partial charge on any atom is -0.366 e. The standard InChI is InChI=1S/C15H15BrN4O/c1-9-6-10(16)2-5-12(9)20-15(21)13-7-18-14(8-17-13)19-11-3-4-11/h2,5-8,11H,3-4H2,1H3,(H,18,19)(H,20,21). The molecular formula is C15H15BrN4O. The Morgan fingerprint density at radius 2 is 2.10 bits per heavy atom. The zero-order valence-electron chi connectivity index (χ0n) is 11.6. The van der Waals surface area contributed by atoms with Gasteiger partial charge in [-0.15, -0.1) is 0 Å². The molecule has 2 N–H and O–H groups in total. The van der Waals surface area contributed by atoms with Gasteiger partial charge in [0.25, 0.3) is 5.91 Å². The lowest BCUT2D eigenvalue weighted by molar-refractivity contribution is 0.102. The maximum absolute atomic E-state index is 12.2. The highest BCUT2D eigenvalue weighted by atomic mass is 79.9. The Balaban J connectivity index is 1.69. The van der Waals surface area contributed by atoms with Gasteiger partial charge in [0.15, 0.2) is 0 Å². The van der Waals surface area contributed by atoms with Crippen LogP contribution in [-0.4, -0.2) is 21.9 Å². The quantitative estimate of drug-likeness (QED) is 0.890. The predicted octanol–water partition coefficient (Wildman–Crippen LogP) is 3.37. The minimum atomic E-state index is -0.258. The van der Waals surface area contributed by atoms with Crippen molar-refractivity contribution in [3.8, 4) is 0 Å². The highest BCUT2D eigenvalue weighted by Gasteiger charge is 2.21. The maximum atomic E-state index is 12.2. The van der Waals surface area contributed by atoms with Crippen molar-refractivity contribution >= 4 is 33.3 Å². The molecular weight excluding hydrogens is 332 g/mol. The molecule has 6 heteroatoms. The van der Waals surface area contributed by atoms with E-state index in [1.165, 1.54) is 19.0 Å². The van der Waals surface area contributed by atoms with E-state index in [0.29, 0.717) is 17.6 Å². The van der Waals surface area contributed by atoms with Gasteiger partial charge in [0.2, 0.25) is 0 Å². The number of aryl methyl sites for hydroxylation is 1. The van der Waals surface area contributed by atoms with E-state index in [1.54, 1.807) is 6.20 Å². The van der Waals surface area contributed by atoms with Gasteiger partial charge in [-0.1, -0.05) is 15.9 Å². The molecule has 1 saturated carbocycles. The van der Waals surface area contributed by atoms with Crippen LogP contribution in [0.2, 0.25) is 0 Å². The number of carbonyl (C=O) groups is 1. The van der Waals surface area contributed by atoms with Crippen LogP contribution in [0.25, 0.3) is 0 Å². The van der Waals surface area contributed by atoms with Crippen LogP contribution in [0, 0.1) is 6.92 Å². The second-order valence-electron chi connectivity index (χ2n) is 5.12. The first-order valence-corrected chi connectivity index (χ1v) is 7.57. The first kappa shape index (κ1) is 14.0. The van der Waals surface area contributed by atoms with E-state index in [0.717, 1.165) is 15.7 Å². The van der Waals surface area contributed by atoms with E-state index >= 15 is 0 Å². The molecule has 1 aromatic carbocycles. The van der Waals surface area contributed by atoms with Gasteiger partial charge < -0.3 is 10.6 Å². The van der Waals surface area contributed by atoms with Gasteiger partial charge in [0.1, 0.15) is 11.5 Å². The Morgan fingerprint density at radius 3 is 2.71 bits per heavy atom. The van der Waals surface area contributed by atoms with Gasteiger partial charge in [0, 0.05) is 16.2 Å². The lowest BCUT2D eigenvalue weighted by Crippen LogP contribution is -2.15. The molecule has 0 radical (unpaired) electrons. The molecule has 1 aliphatic rings. The number of halogens is 1. The second kappa shape index (κ2) is 5.81. The average Bonchev–Trinajstić information content (AvgIpc) is 3.26. The van der Waals surface area contributed by atoms with Gasteiger partial charge in [-0.05, 0) is 43.5 Å². The molecule has 0 bridgehead atoms. The Morgan fingerprint density at radius 1 is 1.29 bits per heavy atom. The summed E-state index contributed by atoms with van der Waals surface area (Å²) in [4.78, 5) is 20.5. The molecule has 1 aromatic heterocycles. The largest absolute Gasteiger partial charge is 0.366 e. The van der Waals surface area contributed by atoms with E-state index in [-0.39, 0.29) is 5.91 Å². The molecule has 3 rings (SSSR count). The summed E-state index contributed by atoms with van der Waals surface area (Å²) in [6.07, 6.45) is 5.44. The Kier molecular flexibility index (Phi) is 3.88. The number of amides is 1. The van der Waals surface area contributed by atoms with Crippen molar-refractivity contribution in [3.63, 3.8) is 0 Å². The van der Waals surface area contributed by atoms with Gasteiger partial charge in [-0.2, -0.15) is 0 Å². The van der Waals surface area contributed by atoms with Crippen molar-refractivity contribution < 1.29 is 4.79 Å². The van der Waals surface area contributed by atoms with E-state index in [9.17, 15) is 4.79 Å². The van der Waals surface area contributed by atoms with Crippen LogP contribution in [0.3, 0.4) is 0 Å². The molecule has 1 fully saturated rings. The molecule has 108 valence electrons. The van der Waals surface area contributed by atoms with Crippen molar-refractivity contribution in [3.05, 3.63) is 46.3 Å². The van der Waals surface area contributed by atoms with E-state index < -0.39 is 0 Å². The third-order valence-electron chi connectivity index (χ3n) is 3.25. The summed E-state index contributed by atoms with van der Waals surface area (Å²) in [5, 5.41) is 6.08. The van der Waals surface area contributed by atoms with E-state index in [1.807, 2.05) is 25.1 Å². The number of hydrogen-bond donors (Lipinski definition) is 2. The Hall–Kier alpha value is -1.95. The smallest absolute Gasteiger partial charge is 0.275 e. The summed E-state index contributed by atoms with van der Waals surface area (Å²) in [6, 6.07) is 6.21. The maximum Gasteiger partial charge on any atom is 0.275 e. The van der Waals surface area contributed by atoms with Crippen molar-refractivity contribution in [2.45, 2.75) is 25.8 Å². The Bertz CT molecular complexity index is 668. The molecule has 0 aliphatic heterocycles. The van der Waals surface area contributed by atoms with Gasteiger partial charge in [-0.3, -0.25) is 4.79 Å². The van der Waals surface area contributed by atoms with Crippen LogP contribution in [0.15, 0.2) is 35.1 Å². The molecule has 0 spiro atoms. The second-order valence-corrected chi connectivity index (χ2v) is 6.03. The monoisotopic (exact) mass is 346 g/mol. The molecule has 1 amide bonds. The summed E-state index contributed by atoms with van der Waals surface area (Å²) in [5.41, 5.74) is 2.06. The highest BCUT2D eigenvalue weighted by Crippen LogP contribution is 2.23. The summed E-state index contributed by atoms with van der Waals surface area (Å²) in [6.45, 7) is 1.94. The summed E-state index contributed by atoms with van der Waals surface area (Å²) in [7, 11) is 0. The fourth-order valence-electron chi connectivity index (χ4n) is 1.91. The number of nitrogens with one attached hydrogen (secondary N) is 2. The fourth-order valence-corrected chi connectivity index (χ4v) is 2.39. The SMILES string of the molecule is Cc1cc(Br)ccc1NC(=O)c1cnc(NC2CC2)cn1. The van der Waals surface area contributed by atoms with Gasteiger partial charge in [-0.25, -0.2) is 9.97 Å². The summed E-state index contributed by atoms with van der Waals surface area (Å²) >= 11 is 3.40. The summed E-state index contributed by atoms with van der Waals surface area (Å²) < 4.78 is 0.980. The van der Waals surface area contributed by atoms with Crippen LogP contribution < -0.4 is 10.6 Å². The number of hydrogen-bond acceptors (Lipinski definition) is 4. The lowest BCUT2D eigenvalue weighted by atomic mass is 10.2. The number of anilines is 2. The van der Waals surface area contributed by atoms with Crippen molar-refractivity contribution in [1.29, 1.82) is 0 Å². The third-order valence-corrected chi connectivity index (χ3v) is 3.74. The van der Waals surface area contributed by atoms with Crippen molar-refractivity contribution in [1.82, 2.24) is 9.97 Å². The van der Waals surface area contributed by atoms with Crippen LogP contribution in [0.4, 0.5) is 11.5 Å². The van der Waals surface area contributed by atoms with E-state index in [4.69, 9.17) is 0 Å². The number of nitrogens with zero attached hydrogens (tertiary/aromatic N) is 2. The number of benzene rings is 1. The zero-order chi connectivity index (χ0) is 14.8. The zero-order valence-corrected chi connectivity index (χ0v) is 13.1. The molecule has 1 heterocycles. The van der Waals surface area contributed by atoms with Crippen molar-refractivity contribution in [2.75, 3.05) is 10.6 Å². The molecule has 0 saturated heterocycles. The average molecular weight is 347 g/mol. The molecule has 0 unspecified atom stereocenters. The van der Waals surface area contributed by atoms with Crippen LogP contribution in [0.5, 0.6) is 0 Å². The minimum absolute atomic E-state index is 0.258. The molecule has 0 atom stereocenters. The fraction of sp³-hybridized carbons (Fsp3) is 0.267. The molecule has 1 aliphatic carbocycles. The normalized spacial score (nSPS) is 13.8. The molecule has 21 heavy (non-hydrogen) atoms. The van der Waals surface area contributed by atoms with Crippen LogP contribution in [0.1, 0.15) is 28.9 Å². The van der Waals surface area contributed by atoms with Crippen molar-refractivity contribution in [2.24, 2.45) is 0 Å². The number of aromatic nitrogens is 2. The summed E-state index contributed by atoms with van der Waals surface area (Å²) in [5.74, 6) is 0.458. The number of carbonyl (C=O) groups excluding carboxylic acids is 1. The van der Waals surface area contributed by atoms with E-state index in [2.05, 4.69) is 36.5 Å². The first-order chi connectivity index (χ1) is 10.1.